The van der Waals surface area contributed by atoms with Crippen molar-refractivity contribution in [3.05, 3.63) is 59.2 Å². The summed E-state index contributed by atoms with van der Waals surface area (Å²) in [6, 6.07) is 16.6. The summed E-state index contributed by atoms with van der Waals surface area (Å²) in [4.78, 5) is 9.40. The minimum absolute atomic E-state index is 0.258. The molecule has 0 N–H and O–H groups in total. The van der Waals surface area contributed by atoms with Crippen molar-refractivity contribution in [3.8, 4) is 21.8 Å². The molecule has 0 aliphatic rings. The van der Waals surface area contributed by atoms with Gasteiger partial charge in [-0.15, -0.1) is 11.3 Å². The summed E-state index contributed by atoms with van der Waals surface area (Å²) in [5.41, 5.74) is 5.09. The molecule has 5 heteroatoms. The molecule has 4 rings (SSSR count). The smallest absolute Gasteiger partial charge is 0.204 e. The molecular weight excluding hydrogens is 338 g/mol. The molecule has 0 bridgehead atoms. The standard InChI is InChI=1S/C19H16ClN3S/c1-12(2)23-16-10-6-9-14(17(16)22-19(23)20)18-21-15(11-24-18)13-7-4-3-5-8-13/h3-12H,1-2H3. The summed E-state index contributed by atoms with van der Waals surface area (Å²) in [6.07, 6.45) is 0. The van der Waals surface area contributed by atoms with E-state index in [0.717, 1.165) is 32.9 Å². The Balaban J connectivity index is 1.86. The van der Waals surface area contributed by atoms with Gasteiger partial charge in [0.25, 0.3) is 0 Å². The van der Waals surface area contributed by atoms with Crippen molar-refractivity contribution in [2.75, 3.05) is 0 Å². The average Bonchev–Trinajstić information content (AvgIpc) is 3.19. The lowest BCUT2D eigenvalue weighted by molar-refractivity contribution is 0.618. The molecule has 3 nitrogen and oxygen atoms in total. The van der Waals surface area contributed by atoms with Crippen molar-refractivity contribution in [2.45, 2.75) is 19.9 Å². The van der Waals surface area contributed by atoms with E-state index in [0.29, 0.717) is 5.28 Å². The number of aromatic nitrogens is 3. The van der Waals surface area contributed by atoms with Gasteiger partial charge in [0.1, 0.15) is 10.5 Å². The molecule has 0 saturated heterocycles. The number of para-hydroxylation sites is 1. The van der Waals surface area contributed by atoms with Gasteiger partial charge in [-0.3, -0.25) is 0 Å². The summed E-state index contributed by atoms with van der Waals surface area (Å²) in [5.74, 6) is 0. The van der Waals surface area contributed by atoms with Crippen LogP contribution in [0, 0.1) is 0 Å². The molecular formula is C19H16ClN3S. The Morgan fingerprint density at radius 3 is 2.54 bits per heavy atom. The van der Waals surface area contributed by atoms with Gasteiger partial charge < -0.3 is 4.57 Å². The average molecular weight is 354 g/mol. The molecule has 0 unspecified atom stereocenters. The zero-order valence-corrected chi connectivity index (χ0v) is 15.0. The molecule has 2 aromatic carbocycles. The molecule has 0 aliphatic heterocycles. The van der Waals surface area contributed by atoms with E-state index in [1.807, 2.05) is 28.8 Å². The van der Waals surface area contributed by atoms with Gasteiger partial charge in [-0.25, -0.2) is 9.97 Å². The van der Waals surface area contributed by atoms with Crippen molar-refractivity contribution in [3.63, 3.8) is 0 Å². The van der Waals surface area contributed by atoms with E-state index < -0.39 is 0 Å². The third-order valence-corrected chi connectivity index (χ3v) is 5.14. The summed E-state index contributed by atoms with van der Waals surface area (Å²) in [6.45, 7) is 4.22. The maximum absolute atomic E-state index is 6.36. The fraction of sp³-hybridized carbons (Fsp3) is 0.158. The van der Waals surface area contributed by atoms with Crippen LogP contribution in [-0.2, 0) is 0 Å². The van der Waals surface area contributed by atoms with Gasteiger partial charge in [0, 0.05) is 22.5 Å². The predicted octanol–water partition coefficient (Wildman–Crippen LogP) is 6.06. The third-order valence-electron chi connectivity index (χ3n) is 4.00. The highest BCUT2D eigenvalue weighted by Crippen LogP contribution is 2.35. The number of hydrogen-bond acceptors (Lipinski definition) is 3. The molecule has 0 radical (unpaired) electrons. The Morgan fingerprint density at radius 1 is 1.00 bits per heavy atom. The SMILES string of the molecule is CC(C)n1c(Cl)nc2c(-c3nc(-c4ccccc4)cs3)cccc21. The van der Waals surface area contributed by atoms with Crippen molar-refractivity contribution in [1.82, 2.24) is 14.5 Å². The predicted molar refractivity (Wildman–Crippen MR) is 102 cm³/mol. The van der Waals surface area contributed by atoms with Crippen LogP contribution in [0.15, 0.2) is 53.9 Å². The highest BCUT2D eigenvalue weighted by molar-refractivity contribution is 7.13. The molecule has 120 valence electrons. The van der Waals surface area contributed by atoms with E-state index in [4.69, 9.17) is 16.6 Å². The maximum atomic E-state index is 6.36. The first kappa shape index (κ1) is 15.4. The van der Waals surface area contributed by atoms with Crippen LogP contribution in [0.3, 0.4) is 0 Å². The highest BCUT2D eigenvalue weighted by Gasteiger charge is 2.17. The van der Waals surface area contributed by atoms with E-state index in [1.54, 1.807) is 11.3 Å². The lowest BCUT2D eigenvalue weighted by Gasteiger charge is -2.09. The number of imidazole rings is 1. The number of fused-ring (bicyclic) bond motifs is 1. The Kier molecular flexibility index (Phi) is 3.87. The molecule has 0 fully saturated rings. The summed E-state index contributed by atoms with van der Waals surface area (Å²) in [7, 11) is 0. The largest absolute Gasteiger partial charge is 0.312 e. The van der Waals surface area contributed by atoms with Crippen LogP contribution in [-0.4, -0.2) is 14.5 Å². The Bertz CT molecular complexity index is 1000. The second-order valence-electron chi connectivity index (χ2n) is 5.92. The first-order valence-corrected chi connectivity index (χ1v) is 9.08. The number of benzene rings is 2. The lowest BCUT2D eigenvalue weighted by Crippen LogP contribution is -1.99. The minimum atomic E-state index is 0.258. The first-order valence-electron chi connectivity index (χ1n) is 7.83. The van der Waals surface area contributed by atoms with Crippen LogP contribution >= 0.6 is 22.9 Å². The number of rotatable bonds is 3. The fourth-order valence-corrected chi connectivity index (χ4v) is 4.12. The minimum Gasteiger partial charge on any atom is -0.312 e. The Morgan fingerprint density at radius 2 is 1.79 bits per heavy atom. The summed E-state index contributed by atoms with van der Waals surface area (Å²) in [5, 5.41) is 3.57. The van der Waals surface area contributed by atoms with Crippen LogP contribution in [0.25, 0.3) is 32.9 Å². The van der Waals surface area contributed by atoms with E-state index in [9.17, 15) is 0 Å². The van der Waals surface area contributed by atoms with E-state index in [1.165, 1.54) is 0 Å². The molecule has 0 saturated carbocycles. The van der Waals surface area contributed by atoms with E-state index in [2.05, 4.69) is 48.5 Å². The second-order valence-corrected chi connectivity index (χ2v) is 7.12. The lowest BCUT2D eigenvalue weighted by atomic mass is 10.1. The van der Waals surface area contributed by atoms with Gasteiger partial charge in [-0.1, -0.05) is 36.4 Å². The topological polar surface area (TPSA) is 30.7 Å². The molecule has 0 aliphatic carbocycles. The van der Waals surface area contributed by atoms with Crippen molar-refractivity contribution < 1.29 is 0 Å². The number of halogens is 1. The van der Waals surface area contributed by atoms with Gasteiger partial charge in [-0.2, -0.15) is 0 Å². The molecule has 0 atom stereocenters. The molecule has 2 aromatic heterocycles. The fourth-order valence-electron chi connectivity index (χ4n) is 2.89. The van der Waals surface area contributed by atoms with Gasteiger partial charge in [0.05, 0.1) is 11.2 Å². The number of hydrogen-bond donors (Lipinski definition) is 0. The van der Waals surface area contributed by atoms with Crippen LogP contribution in [0.1, 0.15) is 19.9 Å². The number of thiazole rings is 1. The normalized spacial score (nSPS) is 11.5. The first-order chi connectivity index (χ1) is 11.6. The molecule has 2 heterocycles. The van der Waals surface area contributed by atoms with E-state index >= 15 is 0 Å². The van der Waals surface area contributed by atoms with Crippen LogP contribution in [0.2, 0.25) is 5.28 Å². The van der Waals surface area contributed by atoms with Crippen molar-refractivity contribution >= 4 is 34.0 Å². The number of nitrogens with zero attached hydrogens (tertiary/aromatic N) is 3. The summed E-state index contributed by atoms with van der Waals surface area (Å²) < 4.78 is 2.05. The maximum Gasteiger partial charge on any atom is 0.204 e. The van der Waals surface area contributed by atoms with Gasteiger partial charge in [0.15, 0.2) is 0 Å². The summed E-state index contributed by atoms with van der Waals surface area (Å²) >= 11 is 7.99. The van der Waals surface area contributed by atoms with Crippen molar-refractivity contribution in [2.24, 2.45) is 0 Å². The van der Waals surface area contributed by atoms with Crippen LogP contribution in [0.5, 0.6) is 0 Å². The Hall–Kier alpha value is -2.17. The highest BCUT2D eigenvalue weighted by atomic mass is 35.5. The molecule has 0 spiro atoms. The zero-order valence-electron chi connectivity index (χ0n) is 13.4. The molecule has 0 amide bonds. The Labute approximate surface area is 149 Å². The third kappa shape index (κ3) is 2.52. The van der Waals surface area contributed by atoms with Gasteiger partial charge in [-0.05, 0) is 37.6 Å². The van der Waals surface area contributed by atoms with Crippen molar-refractivity contribution in [1.29, 1.82) is 0 Å². The van der Waals surface area contributed by atoms with E-state index in [-0.39, 0.29) is 6.04 Å². The molecule has 4 aromatic rings. The van der Waals surface area contributed by atoms with Crippen LogP contribution in [0.4, 0.5) is 0 Å². The second kappa shape index (κ2) is 6.04. The van der Waals surface area contributed by atoms with Crippen LogP contribution < -0.4 is 0 Å². The molecule has 24 heavy (non-hydrogen) atoms. The monoisotopic (exact) mass is 353 g/mol. The zero-order chi connectivity index (χ0) is 16.7. The van der Waals surface area contributed by atoms with Gasteiger partial charge in [0.2, 0.25) is 5.28 Å². The van der Waals surface area contributed by atoms with Gasteiger partial charge >= 0.3 is 0 Å². The quantitative estimate of drug-likeness (QED) is 0.448.